The molecule has 0 bridgehead atoms. The number of methoxy groups -OCH3 is 6. The second-order valence-corrected chi connectivity index (χ2v) is 28.0. The minimum atomic E-state index is -5.69. The Morgan fingerprint density at radius 3 is 1.30 bits per heavy atom. The number of benzene rings is 7. The van der Waals surface area contributed by atoms with Crippen LogP contribution in [-0.2, 0) is 72.0 Å². The molecular formula is C80H78N9O22P. The second-order valence-electron chi connectivity index (χ2n) is 26.4. The maximum Gasteiger partial charge on any atom is 0.475 e. The second kappa shape index (κ2) is 33.0. The topological polar surface area (TPSA) is 347 Å². The average molecular weight is 1550 g/mol. The van der Waals surface area contributed by atoms with Crippen LogP contribution in [-0.4, -0.2) is 169 Å². The van der Waals surface area contributed by atoms with Crippen LogP contribution < -0.4 is 46.8 Å². The number of carbonyl (C=O) groups excluding carboxylic acids is 1. The van der Waals surface area contributed by atoms with Gasteiger partial charge in [0.05, 0.1) is 54.6 Å². The van der Waals surface area contributed by atoms with Gasteiger partial charge in [0.15, 0.2) is 35.7 Å². The van der Waals surface area contributed by atoms with Gasteiger partial charge in [-0.3, -0.25) is 51.6 Å². The van der Waals surface area contributed by atoms with E-state index < -0.39 is 128 Å². The first-order chi connectivity index (χ1) is 54.6. The maximum absolute atomic E-state index is 18.0. The largest absolute Gasteiger partial charge is 0.497 e. The van der Waals surface area contributed by atoms with Crippen LogP contribution >= 0.6 is 7.82 Å². The lowest BCUT2D eigenvalue weighted by Gasteiger charge is -2.41. The predicted molar refractivity (Wildman–Crippen MR) is 400 cm³/mol. The Labute approximate surface area is 639 Å². The van der Waals surface area contributed by atoms with Gasteiger partial charge in [-0.1, -0.05) is 127 Å². The number of aromatic amines is 2. The molecule has 580 valence electrons. The fraction of sp³-hybridized carbons (Fsp3) is 0.300. The van der Waals surface area contributed by atoms with E-state index in [1.165, 1.54) is 67.7 Å². The van der Waals surface area contributed by atoms with Crippen LogP contribution in [0.1, 0.15) is 62.4 Å². The Balaban J connectivity index is 0.915. The molecule has 11 aromatic rings. The predicted octanol–water partition coefficient (Wildman–Crippen LogP) is 8.59. The van der Waals surface area contributed by atoms with Crippen LogP contribution in [0.15, 0.2) is 244 Å². The summed E-state index contributed by atoms with van der Waals surface area (Å²) in [5.41, 5.74) is -3.07. The van der Waals surface area contributed by atoms with Gasteiger partial charge in [-0.05, 0) is 94.0 Å². The highest BCUT2D eigenvalue weighted by Crippen LogP contribution is 2.60. The maximum atomic E-state index is 18.0. The van der Waals surface area contributed by atoms with E-state index in [2.05, 4.69) is 30.2 Å². The molecule has 1 amide bonds. The molecule has 4 aliphatic rings. The van der Waals surface area contributed by atoms with Crippen LogP contribution in [0.4, 0.5) is 5.82 Å². The molecule has 32 heteroatoms. The third-order valence-corrected chi connectivity index (χ3v) is 21.5. The standard InChI is InChI=1S/C80H78N9O22P/c1-96-42-59-66(69(75(105-59)87-40-38-62(90)84-77(87)93)108-79(49-18-12-8-13-19-49,51-22-30-55(98-3)31-23-51)52-24-32-56(99-4)33-25-52)110-112(95,104-44-61-65-68(103-47-102-65)74(107-61)89-46-83-64-71(81-45-82-72(64)89)86-73(92)48-16-10-7-11-17-48)111-67-60(43-97-2)106-76(88-41-39-63(91)85-78(88)94)70(67)109-80(50-20-14-9-15-21-50,53-26-34-57(100-5)35-27-53)54-28-36-58(101-6)37-29-54/h7-41,45-46,59-61,65-70,74-76H,42-44,47H2,1-6H3,(H,84,90,93)(H,85,91,94)(H,81,82,86,92)/t59-,60-,61-,65-,66-,67-,68-,69-,70-,74-,75-,76-/m1/s1. The number of nitrogens with one attached hydrogen (secondary N) is 3. The van der Waals surface area contributed by atoms with Crippen LogP contribution in [0.3, 0.4) is 0 Å². The number of carbonyl (C=O) groups is 1. The molecule has 4 aromatic heterocycles. The zero-order chi connectivity index (χ0) is 77.7. The highest BCUT2D eigenvalue weighted by molar-refractivity contribution is 7.48. The van der Waals surface area contributed by atoms with Crippen LogP contribution in [0.5, 0.6) is 23.0 Å². The molecule has 4 aliphatic heterocycles. The number of phosphoric acid groups is 1. The monoisotopic (exact) mass is 1550 g/mol. The molecule has 0 unspecified atom stereocenters. The fourth-order valence-electron chi connectivity index (χ4n) is 14.8. The first-order valence-corrected chi connectivity index (χ1v) is 37.1. The number of rotatable bonds is 30. The summed E-state index contributed by atoms with van der Waals surface area (Å²) < 4.78 is 128. The first kappa shape index (κ1) is 76.2. The van der Waals surface area contributed by atoms with Crippen molar-refractivity contribution in [2.24, 2.45) is 0 Å². The Kier molecular flexibility index (Phi) is 22.5. The quantitative estimate of drug-likeness (QED) is 0.0280. The Bertz CT molecular complexity index is 5030. The lowest BCUT2D eigenvalue weighted by Crippen LogP contribution is -2.48. The van der Waals surface area contributed by atoms with Crippen LogP contribution in [0.2, 0.25) is 0 Å². The summed E-state index contributed by atoms with van der Waals surface area (Å²) >= 11 is 0. The summed E-state index contributed by atoms with van der Waals surface area (Å²) in [5, 5.41) is 2.84. The van der Waals surface area contributed by atoms with Crippen molar-refractivity contribution in [1.29, 1.82) is 0 Å². The molecule has 0 radical (unpaired) electrons. The summed E-state index contributed by atoms with van der Waals surface area (Å²) in [5.74, 6) is 1.63. The highest BCUT2D eigenvalue weighted by Gasteiger charge is 2.60. The molecule has 0 saturated carbocycles. The third kappa shape index (κ3) is 14.9. The van der Waals surface area contributed by atoms with Crippen molar-refractivity contribution in [1.82, 2.24) is 38.6 Å². The van der Waals surface area contributed by atoms with Gasteiger partial charge < -0.3 is 66.9 Å². The molecule has 31 nitrogen and oxygen atoms in total. The zero-order valence-electron chi connectivity index (χ0n) is 61.2. The minimum absolute atomic E-state index is 0.101. The number of anilines is 1. The SMILES string of the molecule is COC[C@H]1O[C@@H](n2ccc(=O)[nH]c2=O)[C@H](OC(c2ccccc2)(c2ccc(OC)cc2)c2ccc(OC)cc2)[C@@H]1OP(=O)(OC[C@H]1O[C@@H](n2cnc3c(NC(=O)c4ccccc4)ncnc32)[C@@H]2OCO[C@@H]21)O[C@H]1[C@@H](OC(c2ccccc2)(c2ccc(OC)cc2)c2ccc(OC)cc2)[C@H](n2ccc(=O)[nH]c2=O)O[C@@H]1COC. The molecule has 3 N–H and O–H groups in total. The van der Waals surface area contributed by atoms with Crippen LogP contribution in [0.25, 0.3) is 11.2 Å². The van der Waals surface area contributed by atoms with Gasteiger partial charge in [0.1, 0.15) is 102 Å². The third-order valence-electron chi connectivity index (χ3n) is 20.1. The van der Waals surface area contributed by atoms with Gasteiger partial charge >= 0.3 is 19.2 Å². The van der Waals surface area contributed by atoms with Gasteiger partial charge in [0.2, 0.25) is 0 Å². The van der Waals surface area contributed by atoms with Gasteiger partial charge in [0.25, 0.3) is 17.0 Å². The highest BCUT2D eigenvalue weighted by atomic mass is 31.2. The summed E-state index contributed by atoms with van der Waals surface area (Å²) in [7, 11) is 3.23. The molecule has 15 rings (SSSR count). The van der Waals surface area contributed by atoms with E-state index in [1.54, 1.807) is 132 Å². The number of aromatic nitrogens is 8. The summed E-state index contributed by atoms with van der Waals surface area (Å²) in [6.07, 6.45) is -12.0. The number of fused-ring (bicyclic) bond motifs is 2. The van der Waals surface area contributed by atoms with Gasteiger partial charge in [-0.25, -0.2) is 29.1 Å². The Morgan fingerprint density at radius 1 is 0.473 bits per heavy atom. The van der Waals surface area contributed by atoms with Gasteiger partial charge in [-0.2, -0.15) is 0 Å². The van der Waals surface area contributed by atoms with Crippen molar-refractivity contribution >= 4 is 30.7 Å². The van der Waals surface area contributed by atoms with Crippen LogP contribution in [0, 0.1) is 0 Å². The molecule has 12 atom stereocenters. The van der Waals surface area contributed by atoms with E-state index >= 15 is 4.57 Å². The fourth-order valence-corrected chi connectivity index (χ4v) is 16.4. The number of H-pyrrole nitrogens is 2. The Morgan fingerprint density at radius 2 is 0.884 bits per heavy atom. The summed E-state index contributed by atoms with van der Waals surface area (Å²) in [4.78, 5) is 87.4. The van der Waals surface area contributed by atoms with Crippen molar-refractivity contribution < 1.29 is 84.5 Å². The van der Waals surface area contributed by atoms with E-state index in [1.807, 2.05) is 60.7 Å². The average Bonchev–Trinajstić information content (AvgIpc) is 1.21. The number of ether oxygens (including phenoxy) is 13. The molecule has 4 fully saturated rings. The van der Waals surface area contributed by atoms with E-state index in [4.69, 9.17) is 75.2 Å². The molecule has 112 heavy (non-hydrogen) atoms. The lowest BCUT2D eigenvalue weighted by molar-refractivity contribution is -0.134. The first-order valence-electron chi connectivity index (χ1n) is 35.6. The number of phosphoric ester groups is 1. The van der Waals surface area contributed by atoms with Gasteiger partial charge in [0, 0.05) is 44.3 Å². The normalized spacial score (nSPS) is 22.8. The zero-order valence-corrected chi connectivity index (χ0v) is 62.1. The van der Waals surface area contributed by atoms with E-state index in [0.29, 0.717) is 61.9 Å². The number of imidazole rings is 1. The number of amides is 1. The summed E-state index contributed by atoms with van der Waals surface area (Å²) in [6, 6.07) is 57.6. The number of nitrogens with zero attached hydrogens (tertiary/aromatic N) is 6. The molecular weight excluding hydrogens is 1470 g/mol. The van der Waals surface area contributed by atoms with E-state index in [9.17, 15) is 24.0 Å². The number of hydrogen-bond donors (Lipinski definition) is 3. The summed E-state index contributed by atoms with van der Waals surface area (Å²) in [6.45, 7) is -1.67. The van der Waals surface area contributed by atoms with Crippen molar-refractivity contribution in [2.45, 2.75) is 84.8 Å². The van der Waals surface area contributed by atoms with Crippen molar-refractivity contribution in [3.8, 4) is 23.0 Å². The van der Waals surface area contributed by atoms with Crippen molar-refractivity contribution in [2.75, 3.05) is 74.6 Å². The van der Waals surface area contributed by atoms with E-state index in [0.717, 1.165) is 21.3 Å². The molecule has 4 saturated heterocycles. The minimum Gasteiger partial charge on any atom is -0.497 e. The van der Waals surface area contributed by atoms with E-state index in [-0.39, 0.29) is 37.0 Å². The molecule has 0 spiro atoms. The smallest absolute Gasteiger partial charge is 0.475 e. The van der Waals surface area contributed by atoms with Gasteiger partial charge in [-0.15, -0.1) is 0 Å². The molecule has 8 heterocycles. The molecule has 0 aliphatic carbocycles. The number of hydrogen-bond acceptors (Lipinski definition) is 25. The van der Waals surface area contributed by atoms with Crippen molar-refractivity contribution in [3.63, 3.8) is 0 Å². The Hall–Kier alpha value is -11.1. The molecule has 7 aromatic carbocycles. The van der Waals surface area contributed by atoms with Crippen molar-refractivity contribution in [3.05, 3.63) is 306 Å². The lowest BCUT2D eigenvalue weighted by atomic mass is 9.79.